The molecule has 0 bridgehead atoms. The number of benzene rings is 2. The topological polar surface area (TPSA) is 68.5 Å². The van der Waals surface area contributed by atoms with E-state index in [1.807, 2.05) is 50.5 Å². The van der Waals surface area contributed by atoms with E-state index in [-0.39, 0.29) is 17.4 Å². The molecule has 5 aromatic rings. The molecule has 0 radical (unpaired) electrons. The van der Waals surface area contributed by atoms with Crippen LogP contribution in [0.1, 0.15) is 18.5 Å². The maximum absolute atomic E-state index is 13.8. The minimum Gasteiger partial charge on any atom is -0.308 e. The fourth-order valence-electron chi connectivity index (χ4n) is 3.92. The molecular formula is C24H19BrFN5O. The molecule has 2 aromatic carbocycles. The Balaban J connectivity index is 1.53. The number of nitrogens with zero attached hydrogens (tertiary/aromatic N) is 4. The second-order valence-electron chi connectivity index (χ2n) is 7.77. The summed E-state index contributed by atoms with van der Waals surface area (Å²) < 4.78 is 17.8. The molecule has 0 amide bonds. The molecule has 32 heavy (non-hydrogen) atoms. The van der Waals surface area contributed by atoms with Gasteiger partial charge in [0, 0.05) is 40.9 Å². The van der Waals surface area contributed by atoms with Crippen molar-refractivity contribution >= 4 is 26.8 Å². The summed E-state index contributed by atoms with van der Waals surface area (Å²) in [6.45, 7) is 1.87. The number of H-pyrrole nitrogens is 1. The van der Waals surface area contributed by atoms with Gasteiger partial charge in [0.05, 0.1) is 17.8 Å². The molecule has 5 rings (SSSR count). The van der Waals surface area contributed by atoms with Gasteiger partial charge in [-0.3, -0.25) is 14.6 Å². The summed E-state index contributed by atoms with van der Waals surface area (Å²) in [4.78, 5) is 12.9. The second kappa shape index (κ2) is 7.87. The first-order chi connectivity index (χ1) is 15.4. The van der Waals surface area contributed by atoms with Crippen molar-refractivity contribution in [3.05, 3.63) is 93.3 Å². The lowest BCUT2D eigenvalue weighted by atomic mass is 10.0. The lowest BCUT2D eigenvalue weighted by molar-refractivity contribution is 0.592. The Hall–Kier alpha value is -3.52. The average molecular weight is 492 g/mol. The second-order valence-corrected chi connectivity index (χ2v) is 8.69. The van der Waals surface area contributed by atoms with Gasteiger partial charge in [-0.25, -0.2) is 4.39 Å². The van der Waals surface area contributed by atoms with Gasteiger partial charge in [0.25, 0.3) is 5.56 Å². The van der Waals surface area contributed by atoms with E-state index in [9.17, 15) is 9.18 Å². The number of hydrogen-bond acceptors (Lipinski definition) is 3. The number of rotatable bonds is 4. The number of halogens is 2. The molecule has 6 nitrogen and oxygen atoms in total. The van der Waals surface area contributed by atoms with Crippen LogP contribution in [-0.2, 0) is 7.05 Å². The predicted molar refractivity (Wildman–Crippen MR) is 126 cm³/mol. The van der Waals surface area contributed by atoms with Crippen LogP contribution in [0.3, 0.4) is 0 Å². The summed E-state index contributed by atoms with van der Waals surface area (Å²) in [7, 11) is 1.86. The van der Waals surface area contributed by atoms with Gasteiger partial charge in [-0.05, 0) is 60.0 Å². The third kappa shape index (κ3) is 3.67. The number of aromatic nitrogens is 5. The Labute approximate surface area is 191 Å². The minimum atomic E-state index is -0.344. The fourth-order valence-corrected chi connectivity index (χ4v) is 4.41. The zero-order valence-electron chi connectivity index (χ0n) is 17.4. The predicted octanol–water partition coefficient (Wildman–Crippen LogP) is 5.30. The van der Waals surface area contributed by atoms with E-state index in [1.165, 1.54) is 12.1 Å². The van der Waals surface area contributed by atoms with Crippen LogP contribution in [0.2, 0.25) is 0 Å². The first-order valence-corrected chi connectivity index (χ1v) is 10.8. The highest BCUT2D eigenvalue weighted by molar-refractivity contribution is 9.10. The summed E-state index contributed by atoms with van der Waals surface area (Å²) in [6, 6.07) is 13.8. The van der Waals surface area contributed by atoms with Crippen molar-refractivity contribution in [3.63, 3.8) is 0 Å². The molecule has 0 aliphatic rings. The average Bonchev–Trinajstić information content (AvgIpc) is 3.37. The van der Waals surface area contributed by atoms with Crippen molar-refractivity contribution in [3.8, 4) is 22.4 Å². The zero-order chi connectivity index (χ0) is 22.4. The summed E-state index contributed by atoms with van der Waals surface area (Å²) in [5.41, 5.74) is 4.91. The first kappa shape index (κ1) is 20.4. The smallest absolute Gasteiger partial charge is 0.251 e. The highest BCUT2D eigenvalue weighted by Crippen LogP contribution is 2.30. The molecule has 8 heteroatoms. The van der Waals surface area contributed by atoms with Crippen molar-refractivity contribution in [2.24, 2.45) is 7.05 Å². The molecule has 160 valence electrons. The molecule has 0 fully saturated rings. The van der Waals surface area contributed by atoms with Crippen LogP contribution < -0.4 is 5.56 Å². The van der Waals surface area contributed by atoms with Crippen LogP contribution in [0.15, 0.2) is 76.4 Å². The van der Waals surface area contributed by atoms with Gasteiger partial charge < -0.3 is 4.57 Å². The summed E-state index contributed by atoms with van der Waals surface area (Å²) in [6.07, 6.45) is 5.44. The van der Waals surface area contributed by atoms with E-state index in [1.54, 1.807) is 27.7 Å². The van der Waals surface area contributed by atoms with Crippen LogP contribution in [-0.4, -0.2) is 24.5 Å². The van der Waals surface area contributed by atoms with Crippen LogP contribution in [0, 0.1) is 5.82 Å². The molecule has 1 atom stereocenters. The Bertz CT molecular complexity index is 1500. The molecule has 0 aliphatic heterocycles. The van der Waals surface area contributed by atoms with Crippen molar-refractivity contribution < 1.29 is 4.39 Å². The molecule has 0 unspecified atom stereocenters. The van der Waals surface area contributed by atoms with Gasteiger partial charge in [0.15, 0.2) is 0 Å². The van der Waals surface area contributed by atoms with Gasteiger partial charge in [0.1, 0.15) is 11.5 Å². The maximum atomic E-state index is 13.8. The van der Waals surface area contributed by atoms with E-state index < -0.39 is 0 Å². The normalized spacial score (nSPS) is 12.4. The van der Waals surface area contributed by atoms with Gasteiger partial charge in [-0.1, -0.05) is 22.0 Å². The molecule has 0 aliphatic carbocycles. The highest BCUT2D eigenvalue weighted by atomic mass is 79.9. The first-order valence-electron chi connectivity index (χ1n) is 10.0. The number of aryl methyl sites for hydroxylation is 1. The standard InChI is InChI=1S/C24H19BrFN5O/c1-14(17-7-19(25)11-20(26)8-17)31-6-5-16(10-23(31)32)15-3-4-22-21(9-15)24(29-28-22)18-12-27-30(2)13-18/h3-14H,1-2H3,(H,28,29)/t14-/m0/s1. The van der Waals surface area contributed by atoms with Gasteiger partial charge >= 0.3 is 0 Å². The molecule has 3 heterocycles. The highest BCUT2D eigenvalue weighted by Gasteiger charge is 2.14. The lowest BCUT2D eigenvalue weighted by Crippen LogP contribution is -2.22. The van der Waals surface area contributed by atoms with Crippen molar-refractivity contribution in [2.45, 2.75) is 13.0 Å². The summed E-state index contributed by atoms with van der Waals surface area (Å²) in [5, 5.41) is 12.7. The Morgan fingerprint density at radius 1 is 1.06 bits per heavy atom. The van der Waals surface area contributed by atoms with Gasteiger partial charge in [-0.2, -0.15) is 10.2 Å². The summed E-state index contributed by atoms with van der Waals surface area (Å²) >= 11 is 3.31. The van der Waals surface area contributed by atoms with E-state index in [0.29, 0.717) is 10.0 Å². The van der Waals surface area contributed by atoms with Gasteiger partial charge in [0.2, 0.25) is 0 Å². The lowest BCUT2D eigenvalue weighted by Gasteiger charge is -2.16. The van der Waals surface area contributed by atoms with Crippen molar-refractivity contribution in [2.75, 3.05) is 0 Å². The maximum Gasteiger partial charge on any atom is 0.251 e. The van der Waals surface area contributed by atoms with E-state index in [4.69, 9.17) is 0 Å². The minimum absolute atomic E-state index is 0.157. The van der Waals surface area contributed by atoms with Crippen LogP contribution in [0.4, 0.5) is 4.39 Å². The largest absolute Gasteiger partial charge is 0.308 e. The third-order valence-electron chi connectivity index (χ3n) is 5.61. The van der Waals surface area contributed by atoms with E-state index >= 15 is 0 Å². The fraction of sp³-hybridized carbons (Fsp3) is 0.125. The third-order valence-corrected chi connectivity index (χ3v) is 6.07. The molecule has 3 aromatic heterocycles. The van der Waals surface area contributed by atoms with E-state index in [2.05, 4.69) is 31.2 Å². The van der Waals surface area contributed by atoms with Crippen LogP contribution >= 0.6 is 15.9 Å². The number of aromatic amines is 1. The number of hydrogen-bond donors (Lipinski definition) is 1. The Kier molecular flexibility index (Phi) is 5.01. The molecular weight excluding hydrogens is 473 g/mol. The van der Waals surface area contributed by atoms with Gasteiger partial charge in [-0.15, -0.1) is 0 Å². The monoisotopic (exact) mass is 491 g/mol. The Morgan fingerprint density at radius 2 is 1.88 bits per heavy atom. The molecule has 1 N–H and O–H groups in total. The molecule has 0 saturated carbocycles. The quantitative estimate of drug-likeness (QED) is 0.370. The van der Waals surface area contributed by atoms with Crippen molar-refractivity contribution in [1.29, 1.82) is 0 Å². The number of nitrogens with one attached hydrogen (secondary N) is 1. The zero-order valence-corrected chi connectivity index (χ0v) is 19.0. The molecule has 0 spiro atoms. The summed E-state index contributed by atoms with van der Waals surface area (Å²) in [5.74, 6) is -0.344. The van der Waals surface area contributed by atoms with Crippen molar-refractivity contribution in [1.82, 2.24) is 24.5 Å². The van der Waals surface area contributed by atoms with Crippen LogP contribution in [0.25, 0.3) is 33.3 Å². The molecule has 0 saturated heterocycles. The van der Waals surface area contributed by atoms with E-state index in [0.717, 1.165) is 33.3 Å². The number of pyridine rings is 1. The number of fused-ring (bicyclic) bond motifs is 1. The Morgan fingerprint density at radius 3 is 2.59 bits per heavy atom. The van der Waals surface area contributed by atoms with Crippen LogP contribution in [0.5, 0.6) is 0 Å². The SMILES string of the molecule is C[C@@H](c1cc(F)cc(Br)c1)n1ccc(-c2ccc3[nH]nc(-c4cnn(C)c4)c3c2)cc1=O.